The van der Waals surface area contributed by atoms with Crippen LogP contribution in [-0.4, -0.2) is 4.98 Å². The number of aromatic nitrogens is 1. The summed E-state index contributed by atoms with van der Waals surface area (Å²) in [7, 11) is 0. The van der Waals surface area contributed by atoms with E-state index in [9.17, 15) is 0 Å². The lowest BCUT2D eigenvalue weighted by Crippen LogP contribution is -2.11. The van der Waals surface area contributed by atoms with Crippen molar-refractivity contribution in [2.45, 2.75) is 36.8 Å². The number of nitrogen functional groups attached to an aromatic ring is 1. The van der Waals surface area contributed by atoms with Gasteiger partial charge in [-0.25, -0.2) is 4.98 Å². The lowest BCUT2D eigenvalue weighted by Gasteiger charge is -2.14. The van der Waals surface area contributed by atoms with Crippen molar-refractivity contribution >= 4 is 40.4 Å². The Hall–Kier alpha value is -0.710. The summed E-state index contributed by atoms with van der Waals surface area (Å²) < 4.78 is 0. The first-order valence-electron chi connectivity index (χ1n) is 5.99. The predicted octanol–water partition coefficient (Wildman–Crippen LogP) is 4.97. The monoisotopic (exact) mass is 312 g/mol. The first-order chi connectivity index (χ1) is 8.88. The van der Waals surface area contributed by atoms with Gasteiger partial charge < -0.3 is 5.73 Å². The number of halogens is 1. The Morgan fingerprint density at radius 1 is 1.37 bits per heavy atom. The van der Waals surface area contributed by atoms with Gasteiger partial charge in [-0.15, -0.1) is 23.1 Å². The van der Waals surface area contributed by atoms with Crippen molar-refractivity contribution in [1.29, 1.82) is 0 Å². The number of anilines is 1. The summed E-state index contributed by atoms with van der Waals surface area (Å²) in [4.78, 5) is 5.61. The number of benzene rings is 1. The third-order valence-electron chi connectivity index (χ3n) is 2.66. The molecule has 0 aliphatic heterocycles. The minimum Gasteiger partial charge on any atom is -0.398 e. The van der Waals surface area contributed by atoms with E-state index in [-0.39, 0.29) is 5.41 Å². The summed E-state index contributed by atoms with van der Waals surface area (Å²) in [5.41, 5.74) is 7.90. The topological polar surface area (TPSA) is 38.9 Å². The van der Waals surface area contributed by atoms with E-state index < -0.39 is 0 Å². The van der Waals surface area contributed by atoms with Gasteiger partial charge in [0.15, 0.2) is 0 Å². The van der Waals surface area contributed by atoms with Crippen LogP contribution in [0.2, 0.25) is 5.02 Å². The van der Waals surface area contributed by atoms with Crippen molar-refractivity contribution in [2.75, 3.05) is 5.73 Å². The molecule has 0 aliphatic rings. The summed E-state index contributed by atoms with van der Waals surface area (Å²) in [5.74, 6) is 0.800. The normalized spacial score (nSPS) is 11.8. The molecule has 2 aromatic rings. The zero-order valence-electron chi connectivity index (χ0n) is 11.2. The smallest absolute Gasteiger partial charge is 0.103 e. The van der Waals surface area contributed by atoms with Crippen LogP contribution >= 0.6 is 34.7 Å². The SMILES string of the molecule is CC(C)(C)c1csc(CSc2c(N)cccc2Cl)n1. The zero-order chi connectivity index (χ0) is 14.0. The van der Waals surface area contributed by atoms with Crippen LogP contribution in [0.15, 0.2) is 28.5 Å². The highest BCUT2D eigenvalue weighted by Crippen LogP contribution is 2.35. The van der Waals surface area contributed by atoms with E-state index in [1.165, 1.54) is 0 Å². The molecule has 0 saturated carbocycles. The molecule has 1 aromatic heterocycles. The molecule has 1 heterocycles. The van der Waals surface area contributed by atoms with Crippen molar-refractivity contribution < 1.29 is 0 Å². The van der Waals surface area contributed by atoms with Crippen molar-refractivity contribution in [2.24, 2.45) is 0 Å². The number of nitrogens with two attached hydrogens (primary N) is 1. The largest absolute Gasteiger partial charge is 0.398 e. The third kappa shape index (κ3) is 3.65. The number of thioether (sulfide) groups is 1. The molecule has 0 unspecified atom stereocenters. The maximum atomic E-state index is 6.16. The highest BCUT2D eigenvalue weighted by molar-refractivity contribution is 7.98. The first kappa shape index (κ1) is 14.7. The summed E-state index contributed by atoms with van der Waals surface area (Å²) in [6.45, 7) is 6.51. The Morgan fingerprint density at radius 2 is 2.11 bits per heavy atom. The Balaban J connectivity index is 2.09. The number of nitrogens with zero attached hydrogens (tertiary/aromatic N) is 1. The van der Waals surface area contributed by atoms with Crippen LogP contribution in [0.5, 0.6) is 0 Å². The number of thiazole rings is 1. The summed E-state index contributed by atoms with van der Waals surface area (Å²) >= 11 is 9.49. The van der Waals surface area contributed by atoms with Crippen molar-refractivity contribution in [3.8, 4) is 0 Å². The van der Waals surface area contributed by atoms with Gasteiger partial charge in [-0.05, 0) is 12.1 Å². The lowest BCUT2D eigenvalue weighted by atomic mass is 9.93. The average molecular weight is 313 g/mol. The van der Waals surface area contributed by atoms with Crippen molar-refractivity contribution in [3.05, 3.63) is 39.3 Å². The summed E-state index contributed by atoms with van der Waals surface area (Å²) in [5, 5.41) is 3.94. The van der Waals surface area contributed by atoms with Gasteiger partial charge in [0.1, 0.15) is 5.01 Å². The second-order valence-electron chi connectivity index (χ2n) is 5.32. The van der Waals surface area contributed by atoms with E-state index in [2.05, 4.69) is 31.1 Å². The van der Waals surface area contributed by atoms with Gasteiger partial charge in [0, 0.05) is 21.4 Å². The van der Waals surface area contributed by atoms with E-state index in [1.54, 1.807) is 23.1 Å². The highest BCUT2D eigenvalue weighted by Gasteiger charge is 2.17. The van der Waals surface area contributed by atoms with Gasteiger partial charge in [-0.3, -0.25) is 0 Å². The molecule has 2 rings (SSSR count). The molecule has 0 spiro atoms. The molecule has 0 amide bonds. The van der Waals surface area contributed by atoms with E-state index in [0.29, 0.717) is 5.02 Å². The predicted molar refractivity (Wildman–Crippen MR) is 86.2 cm³/mol. The van der Waals surface area contributed by atoms with E-state index in [0.717, 1.165) is 27.0 Å². The Bertz CT molecular complexity index is 553. The molecule has 2 N–H and O–H groups in total. The van der Waals surface area contributed by atoms with E-state index in [4.69, 9.17) is 17.3 Å². The molecule has 5 heteroatoms. The van der Waals surface area contributed by atoms with Crippen LogP contribution in [-0.2, 0) is 11.2 Å². The van der Waals surface area contributed by atoms with Gasteiger partial charge in [0.25, 0.3) is 0 Å². The van der Waals surface area contributed by atoms with Crippen LogP contribution < -0.4 is 5.73 Å². The molecule has 0 aliphatic carbocycles. The first-order valence-corrected chi connectivity index (χ1v) is 8.24. The van der Waals surface area contributed by atoms with Crippen LogP contribution in [0.25, 0.3) is 0 Å². The molecule has 19 heavy (non-hydrogen) atoms. The van der Waals surface area contributed by atoms with Crippen LogP contribution in [0.1, 0.15) is 31.5 Å². The fourth-order valence-electron chi connectivity index (χ4n) is 1.53. The highest BCUT2D eigenvalue weighted by atomic mass is 35.5. The second-order valence-corrected chi connectivity index (χ2v) is 7.66. The minimum absolute atomic E-state index is 0.100. The molecule has 102 valence electrons. The van der Waals surface area contributed by atoms with Gasteiger partial charge in [0.05, 0.1) is 16.5 Å². The fraction of sp³-hybridized carbons (Fsp3) is 0.357. The summed E-state index contributed by atoms with van der Waals surface area (Å²) in [6.07, 6.45) is 0. The lowest BCUT2D eigenvalue weighted by molar-refractivity contribution is 0.572. The zero-order valence-corrected chi connectivity index (χ0v) is 13.6. The minimum atomic E-state index is 0.100. The van der Waals surface area contributed by atoms with E-state index in [1.807, 2.05) is 18.2 Å². The molecule has 0 radical (unpaired) electrons. The van der Waals surface area contributed by atoms with Crippen LogP contribution in [0.4, 0.5) is 5.69 Å². The molecular weight excluding hydrogens is 296 g/mol. The number of hydrogen-bond donors (Lipinski definition) is 1. The maximum Gasteiger partial charge on any atom is 0.103 e. The molecule has 0 saturated heterocycles. The van der Waals surface area contributed by atoms with Gasteiger partial charge in [0.2, 0.25) is 0 Å². The van der Waals surface area contributed by atoms with Gasteiger partial charge in [-0.1, -0.05) is 38.4 Å². The van der Waals surface area contributed by atoms with Gasteiger partial charge in [-0.2, -0.15) is 0 Å². The third-order valence-corrected chi connectivity index (χ3v) is 5.28. The number of rotatable bonds is 3. The molecule has 2 nitrogen and oxygen atoms in total. The van der Waals surface area contributed by atoms with Gasteiger partial charge >= 0.3 is 0 Å². The fourth-order valence-corrected chi connectivity index (χ4v) is 3.91. The van der Waals surface area contributed by atoms with Crippen LogP contribution in [0, 0.1) is 0 Å². The molecule has 0 fully saturated rings. The Morgan fingerprint density at radius 3 is 2.68 bits per heavy atom. The quantitative estimate of drug-likeness (QED) is 0.642. The molecule has 1 aromatic carbocycles. The standard InChI is InChI=1S/C14H17ClN2S2/c1-14(2,3)11-7-18-12(17-11)8-19-13-9(15)5-4-6-10(13)16/h4-7H,8,16H2,1-3H3. The van der Waals surface area contributed by atoms with Crippen molar-refractivity contribution in [1.82, 2.24) is 4.98 Å². The molecule has 0 atom stereocenters. The van der Waals surface area contributed by atoms with Crippen LogP contribution in [0.3, 0.4) is 0 Å². The molecular formula is C14H17ClN2S2. The maximum absolute atomic E-state index is 6.16. The van der Waals surface area contributed by atoms with E-state index >= 15 is 0 Å². The molecule has 0 bridgehead atoms. The summed E-state index contributed by atoms with van der Waals surface area (Å²) in [6, 6.07) is 5.60. The number of hydrogen-bond acceptors (Lipinski definition) is 4. The van der Waals surface area contributed by atoms with Crippen molar-refractivity contribution in [3.63, 3.8) is 0 Å². The second kappa shape index (κ2) is 5.73. The average Bonchev–Trinajstić information content (AvgIpc) is 2.77. The Kier molecular flexibility index (Phi) is 4.43. The Labute approximate surface area is 127 Å².